The van der Waals surface area contributed by atoms with Gasteiger partial charge in [0, 0.05) is 30.3 Å². The number of rotatable bonds is 2. The van der Waals surface area contributed by atoms with Crippen molar-refractivity contribution in [3.63, 3.8) is 0 Å². The summed E-state index contributed by atoms with van der Waals surface area (Å²) < 4.78 is 6.95. The number of hydrogen-bond donors (Lipinski definition) is 1. The summed E-state index contributed by atoms with van der Waals surface area (Å²) in [5, 5.41) is 10.6. The first kappa shape index (κ1) is 16.8. The number of fused-ring (bicyclic) bond motifs is 1. The van der Waals surface area contributed by atoms with Gasteiger partial charge in [0.15, 0.2) is 0 Å². The zero-order valence-corrected chi connectivity index (χ0v) is 14.6. The van der Waals surface area contributed by atoms with Gasteiger partial charge in [0.1, 0.15) is 11.4 Å². The van der Waals surface area contributed by atoms with E-state index >= 15 is 0 Å². The molecule has 128 valence electrons. The molecule has 6 nitrogen and oxygen atoms in total. The summed E-state index contributed by atoms with van der Waals surface area (Å²) in [6, 6.07) is 3.64. The Hall–Kier alpha value is -2.02. The fraction of sp³-hybridized carbons (Fsp3) is 0.529. The van der Waals surface area contributed by atoms with Crippen molar-refractivity contribution in [2.45, 2.75) is 45.6 Å². The molecular formula is C17H24BN3O3. The molecule has 1 aliphatic rings. The van der Waals surface area contributed by atoms with Gasteiger partial charge in [0.05, 0.1) is 5.52 Å². The fourth-order valence-corrected chi connectivity index (χ4v) is 3.17. The molecular weight excluding hydrogens is 305 g/mol. The molecule has 0 aliphatic carbocycles. The standard InChI is InChI=1S/C17H24BN3O3/c1-17(2,3)24-16(22)21-13-7-8-19-15(12(13)11-14(21)18-23)20-9-5-4-6-10-20/h7-8,11,18,23H,4-6,9-10H2,1-3H3. The highest BCUT2D eigenvalue weighted by Gasteiger charge is 2.24. The zero-order chi connectivity index (χ0) is 17.3. The predicted octanol–water partition coefficient (Wildman–Crippen LogP) is 1.78. The van der Waals surface area contributed by atoms with Crippen LogP contribution in [0.2, 0.25) is 0 Å². The molecule has 0 unspecified atom stereocenters. The molecule has 0 spiro atoms. The van der Waals surface area contributed by atoms with Gasteiger partial charge in [-0.15, -0.1) is 0 Å². The summed E-state index contributed by atoms with van der Waals surface area (Å²) in [6.07, 6.45) is 4.79. The van der Waals surface area contributed by atoms with Crippen LogP contribution in [-0.2, 0) is 4.74 Å². The van der Waals surface area contributed by atoms with Gasteiger partial charge >= 0.3 is 13.6 Å². The van der Waals surface area contributed by atoms with Gasteiger partial charge in [-0.3, -0.25) is 4.57 Å². The lowest BCUT2D eigenvalue weighted by molar-refractivity contribution is 0.0549. The van der Waals surface area contributed by atoms with Gasteiger partial charge in [0.25, 0.3) is 0 Å². The van der Waals surface area contributed by atoms with E-state index in [4.69, 9.17) is 4.74 Å². The van der Waals surface area contributed by atoms with Crippen LogP contribution < -0.4 is 10.5 Å². The van der Waals surface area contributed by atoms with E-state index in [2.05, 4.69) is 9.88 Å². The monoisotopic (exact) mass is 329 g/mol. The quantitative estimate of drug-likeness (QED) is 0.851. The fourth-order valence-electron chi connectivity index (χ4n) is 3.17. The van der Waals surface area contributed by atoms with Gasteiger partial charge < -0.3 is 14.7 Å². The van der Waals surface area contributed by atoms with Gasteiger partial charge in [-0.2, -0.15) is 0 Å². The highest BCUT2D eigenvalue weighted by molar-refractivity contribution is 6.46. The Labute approximate surface area is 142 Å². The topological polar surface area (TPSA) is 67.6 Å². The minimum absolute atomic E-state index is 0.229. The lowest BCUT2D eigenvalue weighted by Gasteiger charge is -2.28. The molecule has 0 amide bonds. The van der Waals surface area contributed by atoms with Crippen molar-refractivity contribution in [2.75, 3.05) is 18.0 Å². The zero-order valence-electron chi connectivity index (χ0n) is 14.6. The molecule has 1 aliphatic heterocycles. The summed E-state index contributed by atoms with van der Waals surface area (Å²) in [7, 11) is -0.229. The van der Waals surface area contributed by atoms with Gasteiger partial charge in [-0.25, -0.2) is 9.78 Å². The maximum Gasteiger partial charge on any atom is 0.418 e. The van der Waals surface area contributed by atoms with Crippen molar-refractivity contribution < 1.29 is 14.6 Å². The lowest BCUT2D eigenvalue weighted by atomic mass is 9.96. The number of pyridine rings is 1. The number of hydrogen-bond acceptors (Lipinski definition) is 5. The second-order valence-corrected chi connectivity index (χ2v) is 7.22. The summed E-state index contributed by atoms with van der Waals surface area (Å²) >= 11 is 0. The highest BCUT2D eigenvalue weighted by Crippen LogP contribution is 2.27. The first-order valence-corrected chi connectivity index (χ1v) is 8.49. The van der Waals surface area contributed by atoms with Crippen molar-refractivity contribution >= 4 is 35.9 Å². The minimum Gasteiger partial charge on any atom is -0.448 e. The first-order chi connectivity index (χ1) is 11.4. The van der Waals surface area contributed by atoms with Crippen molar-refractivity contribution in [2.24, 2.45) is 0 Å². The average Bonchev–Trinajstić information content (AvgIpc) is 2.92. The highest BCUT2D eigenvalue weighted by atomic mass is 16.6. The van der Waals surface area contributed by atoms with E-state index in [9.17, 15) is 9.82 Å². The van der Waals surface area contributed by atoms with Crippen molar-refractivity contribution in [3.05, 3.63) is 18.3 Å². The molecule has 7 heteroatoms. The second kappa shape index (κ2) is 6.47. The molecule has 1 saturated heterocycles. The van der Waals surface area contributed by atoms with Crippen molar-refractivity contribution in [1.29, 1.82) is 0 Å². The SMILES string of the molecule is CC(C)(C)OC(=O)n1c(BO)cc2c(N3CCCCC3)nccc21. The maximum absolute atomic E-state index is 12.6. The number of piperidine rings is 1. The van der Waals surface area contributed by atoms with Crippen LogP contribution in [0, 0.1) is 0 Å². The van der Waals surface area contributed by atoms with Crippen LogP contribution in [0.15, 0.2) is 18.3 Å². The molecule has 24 heavy (non-hydrogen) atoms. The molecule has 1 fully saturated rings. The van der Waals surface area contributed by atoms with Crippen molar-refractivity contribution in [1.82, 2.24) is 9.55 Å². The summed E-state index contributed by atoms with van der Waals surface area (Å²) in [5.74, 6) is 0.879. The Morgan fingerprint density at radius 3 is 2.62 bits per heavy atom. The number of ether oxygens (including phenoxy) is 1. The van der Waals surface area contributed by atoms with E-state index in [-0.39, 0.29) is 7.48 Å². The second-order valence-electron chi connectivity index (χ2n) is 7.22. The van der Waals surface area contributed by atoms with E-state index in [1.165, 1.54) is 11.0 Å². The van der Waals surface area contributed by atoms with Crippen LogP contribution in [0.3, 0.4) is 0 Å². The van der Waals surface area contributed by atoms with E-state index in [0.29, 0.717) is 5.59 Å². The molecule has 0 aromatic carbocycles. The number of anilines is 1. The summed E-state index contributed by atoms with van der Waals surface area (Å²) in [5.41, 5.74) is 0.651. The van der Waals surface area contributed by atoms with Crippen LogP contribution in [0.25, 0.3) is 10.9 Å². The molecule has 3 rings (SSSR count). The maximum atomic E-state index is 12.6. The smallest absolute Gasteiger partial charge is 0.418 e. The number of carbonyl (C=O) groups excluding carboxylic acids is 1. The first-order valence-electron chi connectivity index (χ1n) is 8.49. The van der Waals surface area contributed by atoms with Crippen LogP contribution in [0.1, 0.15) is 40.0 Å². The molecule has 0 saturated carbocycles. The third-order valence-electron chi connectivity index (χ3n) is 4.18. The Morgan fingerprint density at radius 2 is 2.00 bits per heavy atom. The van der Waals surface area contributed by atoms with Gasteiger partial charge in [0.2, 0.25) is 0 Å². The van der Waals surface area contributed by atoms with Crippen LogP contribution >= 0.6 is 0 Å². The van der Waals surface area contributed by atoms with Gasteiger partial charge in [-0.05, 0) is 52.2 Å². The normalized spacial score (nSPS) is 15.6. The molecule has 3 heterocycles. The number of aromatic nitrogens is 2. The summed E-state index contributed by atoms with van der Waals surface area (Å²) in [4.78, 5) is 19.4. The molecule has 1 N–H and O–H groups in total. The Bertz CT molecular complexity index is 745. The molecule has 2 aromatic heterocycles. The lowest BCUT2D eigenvalue weighted by Crippen LogP contribution is -2.34. The van der Waals surface area contributed by atoms with Crippen LogP contribution in [0.4, 0.5) is 10.6 Å². The third kappa shape index (κ3) is 3.26. The van der Waals surface area contributed by atoms with Gasteiger partial charge in [-0.1, -0.05) is 0 Å². The Kier molecular flexibility index (Phi) is 4.54. The van der Waals surface area contributed by atoms with Crippen LogP contribution in [0.5, 0.6) is 0 Å². The van der Waals surface area contributed by atoms with Crippen molar-refractivity contribution in [3.8, 4) is 0 Å². The average molecular weight is 329 g/mol. The molecule has 0 atom stereocenters. The molecule has 0 bridgehead atoms. The number of carbonyl (C=O) groups is 1. The number of nitrogens with zero attached hydrogens (tertiary/aromatic N) is 3. The predicted molar refractivity (Wildman–Crippen MR) is 96.4 cm³/mol. The summed E-state index contributed by atoms with van der Waals surface area (Å²) in [6.45, 7) is 7.43. The van der Waals surface area contributed by atoms with Crippen LogP contribution in [-0.4, -0.2) is 46.8 Å². The van der Waals surface area contributed by atoms with E-state index in [0.717, 1.165) is 42.7 Å². The Morgan fingerprint density at radius 1 is 1.29 bits per heavy atom. The molecule has 0 radical (unpaired) electrons. The largest absolute Gasteiger partial charge is 0.448 e. The van der Waals surface area contributed by atoms with E-state index in [1.807, 2.05) is 26.8 Å². The molecule has 2 aromatic rings. The van der Waals surface area contributed by atoms with E-state index in [1.54, 1.807) is 12.3 Å². The van der Waals surface area contributed by atoms with E-state index < -0.39 is 11.7 Å². The Balaban J connectivity index is 2.08. The third-order valence-corrected chi connectivity index (χ3v) is 4.18. The minimum atomic E-state index is -0.594.